The quantitative estimate of drug-likeness (QED) is 0.420. The molecule has 10 heteroatoms. The summed E-state index contributed by atoms with van der Waals surface area (Å²) in [5.74, 6) is 1.97. The number of carbonyl (C=O) groups is 1. The van der Waals surface area contributed by atoms with E-state index in [9.17, 15) is 9.18 Å². The fourth-order valence-corrected chi connectivity index (χ4v) is 4.23. The molecule has 1 atom stereocenters. The fourth-order valence-electron chi connectivity index (χ4n) is 4.23. The molecule has 6 rings (SSSR count). The Labute approximate surface area is 199 Å². The first-order chi connectivity index (χ1) is 17.0. The molecule has 174 valence electrons. The van der Waals surface area contributed by atoms with Crippen LogP contribution in [0.1, 0.15) is 34.9 Å². The molecular weight excluding hydrogens is 449 g/mol. The number of hydrogen-bond donors (Lipinski definition) is 1. The predicted molar refractivity (Wildman–Crippen MR) is 125 cm³/mol. The Morgan fingerprint density at radius 1 is 1.06 bits per heavy atom. The van der Waals surface area contributed by atoms with Gasteiger partial charge in [0, 0.05) is 17.9 Å². The lowest BCUT2D eigenvalue weighted by Gasteiger charge is -2.23. The first-order valence-corrected chi connectivity index (χ1v) is 11.1. The molecule has 1 amide bonds. The molecule has 1 aliphatic heterocycles. The molecule has 35 heavy (non-hydrogen) atoms. The molecule has 9 nitrogen and oxygen atoms in total. The predicted octanol–water partition coefficient (Wildman–Crippen LogP) is 3.81. The summed E-state index contributed by atoms with van der Waals surface area (Å²) >= 11 is 0. The molecule has 0 aliphatic carbocycles. The third-order valence-corrected chi connectivity index (χ3v) is 6.04. The van der Waals surface area contributed by atoms with Gasteiger partial charge in [0.05, 0.1) is 6.20 Å². The summed E-state index contributed by atoms with van der Waals surface area (Å²) in [7, 11) is 0. The van der Waals surface area contributed by atoms with Crippen molar-refractivity contribution in [1.82, 2.24) is 29.6 Å². The summed E-state index contributed by atoms with van der Waals surface area (Å²) < 4.78 is 22.2. The number of carbonyl (C=O) groups excluding carboxylic acids is 1. The van der Waals surface area contributed by atoms with Crippen LogP contribution in [0.3, 0.4) is 0 Å². The highest BCUT2D eigenvalue weighted by Gasteiger charge is 2.30. The van der Waals surface area contributed by atoms with E-state index in [1.807, 2.05) is 37.3 Å². The molecule has 0 spiro atoms. The largest absolute Gasteiger partial charge is 0.489 e. The van der Waals surface area contributed by atoms with E-state index in [-0.39, 0.29) is 17.6 Å². The zero-order valence-electron chi connectivity index (χ0n) is 18.7. The number of ether oxygens (including phenoxy) is 1. The van der Waals surface area contributed by atoms with Crippen molar-refractivity contribution in [3.63, 3.8) is 0 Å². The van der Waals surface area contributed by atoms with Gasteiger partial charge in [0.1, 0.15) is 24.0 Å². The van der Waals surface area contributed by atoms with Gasteiger partial charge >= 0.3 is 0 Å². The van der Waals surface area contributed by atoms with Gasteiger partial charge in [-0.15, -0.1) is 15.3 Å². The number of nitrogens with zero attached hydrogens (tertiary/aromatic N) is 6. The molecule has 1 N–H and O–H groups in total. The first-order valence-electron chi connectivity index (χ1n) is 11.1. The van der Waals surface area contributed by atoms with Crippen molar-refractivity contribution in [2.24, 2.45) is 0 Å². The SMILES string of the molecule is Cc1nnc2ccc(-n3ncc4c3NC(=O)C[C@H]4c3ccc(OCc4ccc(F)cc4)cc3)nn12. The maximum absolute atomic E-state index is 13.1. The average molecular weight is 469 g/mol. The number of hydrogen-bond acceptors (Lipinski definition) is 6. The van der Waals surface area contributed by atoms with Crippen LogP contribution in [0.15, 0.2) is 66.9 Å². The van der Waals surface area contributed by atoms with Gasteiger partial charge in [0.2, 0.25) is 5.91 Å². The minimum Gasteiger partial charge on any atom is -0.489 e. The monoisotopic (exact) mass is 469 g/mol. The van der Waals surface area contributed by atoms with Crippen LogP contribution >= 0.6 is 0 Å². The number of fused-ring (bicyclic) bond motifs is 2. The van der Waals surface area contributed by atoms with Gasteiger partial charge in [0.25, 0.3) is 0 Å². The molecule has 0 saturated heterocycles. The number of anilines is 1. The Morgan fingerprint density at radius 2 is 1.86 bits per heavy atom. The van der Waals surface area contributed by atoms with E-state index in [4.69, 9.17) is 4.74 Å². The van der Waals surface area contributed by atoms with E-state index in [1.54, 1.807) is 33.6 Å². The average Bonchev–Trinajstić information content (AvgIpc) is 3.47. The summed E-state index contributed by atoms with van der Waals surface area (Å²) in [5, 5.41) is 20.1. The zero-order valence-corrected chi connectivity index (χ0v) is 18.7. The van der Waals surface area contributed by atoms with E-state index < -0.39 is 0 Å². The van der Waals surface area contributed by atoms with E-state index in [1.165, 1.54) is 12.1 Å². The van der Waals surface area contributed by atoms with Gasteiger partial charge in [-0.25, -0.2) is 4.39 Å². The highest BCUT2D eigenvalue weighted by Crippen LogP contribution is 2.38. The van der Waals surface area contributed by atoms with E-state index in [0.717, 1.165) is 16.7 Å². The number of halogens is 1. The van der Waals surface area contributed by atoms with Crippen molar-refractivity contribution in [3.05, 3.63) is 95.2 Å². The second kappa shape index (κ2) is 8.32. The minimum absolute atomic E-state index is 0.0950. The third kappa shape index (κ3) is 3.88. The number of aryl methyl sites for hydroxylation is 1. The van der Waals surface area contributed by atoms with E-state index in [2.05, 4.69) is 25.7 Å². The van der Waals surface area contributed by atoms with Crippen molar-refractivity contribution in [2.75, 3.05) is 5.32 Å². The standard InChI is InChI=1S/C25H20FN7O2/c1-15-29-30-22-10-11-23(31-32(15)22)33-25-21(13-27-33)20(12-24(34)28-25)17-4-8-19(9-5-17)35-14-16-2-6-18(26)7-3-16/h2-11,13,20H,12,14H2,1H3,(H,28,34)/t20-/m0/s1. The number of rotatable bonds is 5. The van der Waals surface area contributed by atoms with Crippen LogP contribution < -0.4 is 10.1 Å². The zero-order chi connectivity index (χ0) is 23.9. The molecule has 0 saturated carbocycles. The van der Waals surface area contributed by atoms with Gasteiger partial charge in [-0.1, -0.05) is 24.3 Å². The highest BCUT2D eigenvalue weighted by atomic mass is 19.1. The van der Waals surface area contributed by atoms with E-state index in [0.29, 0.717) is 41.9 Å². The van der Waals surface area contributed by atoms with Crippen LogP contribution in [0, 0.1) is 12.7 Å². The number of aromatic nitrogens is 6. The Hall–Kier alpha value is -4.60. The Kier molecular flexibility index (Phi) is 4.98. The first kappa shape index (κ1) is 21.0. The molecule has 2 aromatic carbocycles. The molecule has 0 bridgehead atoms. The maximum atomic E-state index is 13.1. The number of nitrogens with one attached hydrogen (secondary N) is 1. The molecule has 0 fully saturated rings. The summed E-state index contributed by atoms with van der Waals surface area (Å²) in [6.45, 7) is 2.16. The fraction of sp³-hybridized carbons (Fsp3) is 0.160. The van der Waals surface area contributed by atoms with Crippen molar-refractivity contribution in [2.45, 2.75) is 25.9 Å². The molecule has 1 aliphatic rings. The van der Waals surface area contributed by atoms with Crippen LogP contribution in [0.5, 0.6) is 5.75 Å². The Morgan fingerprint density at radius 3 is 2.66 bits per heavy atom. The Balaban J connectivity index is 1.26. The summed E-state index contributed by atoms with van der Waals surface area (Å²) in [6, 6.07) is 17.5. The molecule has 0 unspecified atom stereocenters. The lowest BCUT2D eigenvalue weighted by molar-refractivity contribution is -0.116. The van der Waals surface area contributed by atoms with Crippen molar-refractivity contribution in [1.29, 1.82) is 0 Å². The molecule has 0 radical (unpaired) electrons. The second-order valence-corrected chi connectivity index (χ2v) is 8.36. The van der Waals surface area contributed by atoms with Crippen LogP contribution in [0.2, 0.25) is 0 Å². The molecule has 5 aromatic rings. The van der Waals surface area contributed by atoms with Crippen molar-refractivity contribution >= 4 is 17.4 Å². The van der Waals surface area contributed by atoms with Crippen LogP contribution in [0.25, 0.3) is 11.5 Å². The van der Waals surface area contributed by atoms with Gasteiger partial charge in [0.15, 0.2) is 17.3 Å². The van der Waals surface area contributed by atoms with Crippen LogP contribution in [-0.4, -0.2) is 35.5 Å². The summed E-state index contributed by atoms with van der Waals surface area (Å²) in [6.07, 6.45) is 2.08. The lowest BCUT2D eigenvalue weighted by Crippen LogP contribution is -2.24. The van der Waals surface area contributed by atoms with E-state index >= 15 is 0 Å². The topological polar surface area (TPSA) is 99.2 Å². The highest BCUT2D eigenvalue weighted by molar-refractivity contribution is 5.94. The van der Waals surface area contributed by atoms with Crippen LogP contribution in [-0.2, 0) is 11.4 Å². The molecular formula is C25H20FN7O2. The summed E-state index contributed by atoms with van der Waals surface area (Å²) in [5.41, 5.74) is 3.40. The minimum atomic E-state index is -0.275. The molecule has 4 heterocycles. The molecule has 3 aromatic heterocycles. The van der Waals surface area contributed by atoms with Crippen molar-refractivity contribution in [3.8, 4) is 11.6 Å². The van der Waals surface area contributed by atoms with Gasteiger partial charge in [-0.2, -0.15) is 14.3 Å². The number of amides is 1. The van der Waals surface area contributed by atoms with Gasteiger partial charge in [-0.3, -0.25) is 4.79 Å². The van der Waals surface area contributed by atoms with Crippen LogP contribution in [0.4, 0.5) is 10.2 Å². The summed E-state index contributed by atoms with van der Waals surface area (Å²) in [4.78, 5) is 12.6. The third-order valence-electron chi connectivity index (χ3n) is 6.04. The Bertz CT molecular complexity index is 1540. The maximum Gasteiger partial charge on any atom is 0.226 e. The lowest BCUT2D eigenvalue weighted by atomic mass is 9.87. The smallest absolute Gasteiger partial charge is 0.226 e. The normalized spacial score (nSPS) is 15.1. The van der Waals surface area contributed by atoms with Gasteiger partial charge in [-0.05, 0) is 54.4 Å². The second-order valence-electron chi connectivity index (χ2n) is 8.36. The van der Waals surface area contributed by atoms with Crippen molar-refractivity contribution < 1.29 is 13.9 Å². The van der Waals surface area contributed by atoms with Gasteiger partial charge < -0.3 is 10.1 Å². The number of benzene rings is 2.